The van der Waals surface area contributed by atoms with Crippen molar-refractivity contribution in [1.82, 2.24) is 0 Å². The minimum atomic E-state index is -0.196. The zero-order chi connectivity index (χ0) is 27.7. The van der Waals surface area contributed by atoms with E-state index in [1.54, 1.807) is 14.2 Å². The van der Waals surface area contributed by atoms with E-state index in [-0.39, 0.29) is 36.0 Å². The third kappa shape index (κ3) is 12.8. The molecule has 0 aromatic heterocycles. The zero-order valence-electron chi connectivity index (χ0n) is 24.2. The van der Waals surface area contributed by atoms with Gasteiger partial charge in [0.2, 0.25) is 0 Å². The van der Waals surface area contributed by atoms with Crippen LogP contribution in [-0.4, -0.2) is 59.2 Å². The van der Waals surface area contributed by atoms with Crippen molar-refractivity contribution in [3.8, 4) is 5.75 Å². The minimum absolute atomic E-state index is 0.176. The summed E-state index contributed by atoms with van der Waals surface area (Å²) in [5, 5.41) is 0. The van der Waals surface area contributed by atoms with Crippen LogP contribution in [0.2, 0.25) is 0 Å². The fraction of sp³-hybridized carbons (Fsp3) is 0.733. The molecule has 0 saturated carbocycles. The minimum Gasteiger partial charge on any atom is -0.493 e. The van der Waals surface area contributed by atoms with E-state index in [4.69, 9.17) is 23.7 Å². The molecule has 0 bridgehead atoms. The number of carbonyl (C=O) groups excluding carboxylic acids is 2. The first-order chi connectivity index (χ1) is 17.6. The van der Waals surface area contributed by atoms with Crippen molar-refractivity contribution >= 4 is 11.9 Å². The van der Waals surface area contributed by atoms with Gasteiger partial charge < -0.3 is 23.7 Å². The molecule has 1 radical (unpaired) electrons. The van der Waals surface area contributed by atoms with E-state index in [1.807, 2.05) is 6.07 Å². The fourth-order valence-electron chi connectivity index (χ4n) is 4.08. The Morgan fingerprint density at radius 3 is 1.84 bits per heavy atom. The van der Waals surface area contributed by atoms with Gasteiger partial charge in [-0.3, -0.25) is 9.59 Å². The van der Waals surface area contributed by atoms with Crippen LogP contribution in [-0.2, 0) is 39.4 Å². The van der Waals surface area contributed by atoms with Crippen LogP contribution >= 0.6 is 0 Å². The van der Waals surface area contributed by atoms with E-state index in [0.717, 1.165) is 55.4 Å². The van der Waals surface area contributed by atoms with Gasteiger partial charge in [-0.2, -0.15) is 0 Å². The largest absolute Gasteiger partial charge is 0.493 e. The van der Waals surface area contributed by atoms with E-state index < -0.39 is 0 Å². The third-order valence-electron chi connectivity index (χ3n) is 6.59. The molecule has 0 fully saturated rings. The van der Waals surface area contributed by atoms with Crippen molar-refractivity contribution < 1.29 is 33.3 Å². The van der Waals surface area contributed by atoms with Gasteiger partial charge in [-0.05, 0) is 66.7 Å². The molecule has 0 N–H and O–H groups in total. The first kappa shape index (κ1) is 32.9. The molecule has 0 spiro atoms. The highest BCUT2D eigenvalue weighted by Gasteiger charge is 2.28. The Bertz CT molecular complexity index is 801. The van der Waals surface area contributed by atoms with Crippen molar-refractivity contribution in [2.45, 2.75) is 96.8 Å². The monoisotopic (exact) mass is 521 g/mol. The Labute approximate surface area is 224 Å². The maximum atomic E-state index is 12.0. The molecule has 0 heterocycles. The lowest BCUT2D eigenvalue weighted by Gasteiger charge is -2.31. The quantitative estimate of drug-likeness (QED) is 0.155. The highest BCUT2D eigenvalue weighted by atomic mass is 16.6. The molecule has 0 unspecified atom stereocenters. The predicted octanol–water partition coefficient (Wildman–Crippen LogP) is 5.94. The van der Waals surface area contributed by atoms with Crippen LogP contribution in [0.15, 0.2) is 12.1 Å². The zero-order valence-corrected chi connectivity index (χ0v) is 24.2. The summed E-state index contributed by atoms with van der Waals surface area (Å²) < 4.78 is 26.5. The van der Waals surface area contributed by atoms with Gasteiger partial charge in [0.15, 0.2) is 0 Å². The van der Waals surface area contributed by atoms with Crippen LogP contribution in [0.3, 0.4) is 0 Å². The Morgan fingerprint density at radius 2 is 1.32 bits per heavy atom. The SMILES string of the molecule is CCCCOc1cc(C(C)(C)CCCC(=O)OCCOC)[c]cc1C(C)(C)CCCC(=O)OCCOC. The van der Waals surface area contributed by atoms with Crippen LogP contribution in [0.25, 0.3) is 0 Å². The summed E-state index contributed by atoms with van der Waals surface area (Å²) in [5.74, 6) is 0.487. The van der Waals surface area contributed by atoms with Crippen LogP contribution < -0.4 is 4.74 Å². The Morgan fingerprint density at radius 1 is 0.784 bits per heavy atom. The predicted molar refractivity (Wildman–Crippen MR) is 145 cm³/mol. The number of benzene rings is 1. The molecule has 7 heteroatoms. The van der Waals surface area contributed by atoms with Gasteiger partial charge >= 0.3 is 11.9 Å². The Balaban J connectivity index is 2.88. The highest BCUT2D eigenvalue weighted by Crippen LogP contribution is 2.39. The summed E-state index contributed by atoms with van der Waals surface area (Å²) in [5.41, 5.74) is 1.79. The lowest BCUT2D eigenvalue weighted by atomic mass is 9.76. The van der Waals surface area contributed by atoms with E-state index >= 15 is 0 Å². The first-order valence-corrected chi connectivity index (χ1v) is 13.6. The van der Waals surface area contributed by atoms with Gasteiger partial charge in [0.1, 0.15) is 19.0 Å². The second kappa shape index (κ2) is 17.4. The summed E-state index contributed by atoms with van der Waals surface area (Å²) in [7, 11) is 3.17. The molecule has 211 valence electrons. The normalized spacial score (nSPS) is 11.9. The van der Waals surface area contributed by atoms with Crippen molar-refractivity contribution in [3.05, 3.63) is 29.3 Å². The molecule has 0 atom stereocenters. The summed E-state index contributed by atoms with van der Waals surface area (Å²) in [6.07, 6.45) is 5.89. The molecule has 1 rings (SSSR count). The maximum absolute atomic E-state index is 12.0. The second-order valence-corrected chi connectivity index (χ2v) is 10.7. The second-order valence-electron chi connectivity index (χ2n) is 10.7. The van der Waals surface area contributed by atoms with Crippen LogP contribution in [0, 0.1) is 6.07 Å². The summed E-state index contributed by atoms with van der Waals surface area (Å²) in [4.78, 5) is 23.9. The van der Waals surface area contributed by atoms with E-state index in [2.05, 4.69) is 46.8 Å². The number of ether oxygens (including phenoxy) is 5. The van der Waals surface area contributed by atoms with Crippen molar-refractivity contribution in [2.24, 2.45) is 0 Å². The lowest BCUT2D eigenvalue weighted by molar-refractivity contribution is -0.146. The standard InChI is InChI=1S/C30H49O7/c1-8-9-18-35-26-23-24(29(2,3)16-10-12-27(31)36-21-19-33-6)14-15-25(26)30(4,5)17-11-13-28(32)37-22-20-34-7/h15,23H,8-13,16-22H2,1-7H3. The Hall–Kier alpha value is -2.12. The Kier molecular flexibility index (Phi) is 15.5. The summed E-state index contributed by atoms with van der Waals surface area (Å²) >= 11 is 0. The molecule has 0 aliphatic heterocycles. The highest BCUT2D eigenvalue weighted by molar-refractivity contribution is 5.69. The summed E-state index contributed by atoms with van der Waals surface area (Å²) in [6, 6.07) is 7.67. The maximum Gasteiger partial charge on any atom is 0.305 e. The third-order valence-corrected chi connectivity index (χ3v) is 6.59. The van der Waals surface area contributed by atoms with Crippen molar-refractivity contribution in [1.29, 1.82) is 0 Å². The fourth-order valence-corrected chi connectivity index (χ4v) is 4.08. The molecule has 7 nitrogen and oxygen atoms in total. The van der Waals surface area contributed by atoms with Crippen molar-refractivity contribution in [2.75, 3.05) is 47.3 Å². The molecular formula is C30H49O7. The molecule has 0 amide bonds. The molecule has 0 aliphatic carbocycles. The number of hydrogen-bond acceptors (Lipinski definition) is 7. The molecular weight excluding hydrogens is 472 g/mol. The molecule has 0 aliphatic rings. The molecule has 1 aromatic carbocycles. The number of methoxy groups -OCH3 is 2. The number of esters is 2. The average molecular weight is 522 g/mol. The average Bonchev–Trinajstić information content (AvgIpc) is 2.84. The van der Waals surface area contributed by atoms with Gasteiger partial charge in [-0.1, -0.05) is 41.0 Å². The molecule has 1 aromatic rings. The molecule has 0 saturated heterocycles. The number of unbranched alkanes of at least 4 members (excludes halogenated alkanes) is 1. The molecule has 37 heavy (non-hydrogen) atoms. The van der Waals surface area contributed by atoms with Gasteiger partial charge in [0.05, 0.1) is 19.8 Å². The van der Waals surface area contributed by atoms with Gasteiger partial charge in [-0.25, -0.2) is 0 Å². The van der Waals surface area contributed by atoms with Crippen LogP contribution in [0.4, 0.5) is 0 Å². The van der Waals surface area contributed by atoms with Gasteiger partial charge in [0.25, 0.3) is 0 Å². The van der Waals surface area contributed by atoms with Crippen LogP contribution in [0.5, 0.6) is 5.75 Å². The topological polar surface area (TPSA) is 80.3 Å². The van der Waals surface area contributed by atoms with Gasteiger partial charge in [-0.15, -0.1) is 0 Å². The van der Waals surface area contributed by atoms with E-state index in [0.29, 0.717) is 32.7 Å². The lowest BCUT2D eigenvalue weighted by Crippen LogP contribution is -2.22. The van der Waals surface area contributed by atoms with Crippen LogP contribution in [0.1, 0.15) is 97.1 Å². The van der Waals surface area contributed by atoms with Crippen molar-refractivity contribution in [3.63, 3.8) is 0 Å². The van der Waals surface area contributed by atoms with Gasteiger partial charge in [0, 0.05) is 32.6 Å². The number of carbonyl (C=O) groups is 2. The number of rotatable bonds is 20. The smallest absolute Gasteiger partial charge is 0.305 e. The summed E-state index contributed by atoms with van der Waals surface area (Å²) in [6.45, 7) is 12.9. The van der Waals surface area contributed by atoms with E-state index in [9.17, 15) is 9.59 Å². The first-order valence-electron chi connectivity index (χ1n) is 13.6. The number of hydrogen-bond donors (Lipinski definition) is 0. The van der Waals surface area contributed by atoms with E-state index in [1.165, 1.54) is 0 Å².